The molecule has 0 aromatic heterocycles. The zero-order valence-corrected chi connectivity index (χ0v) is 17.6. The molecule has 0 atom stereocenters. The Morgan fingerprint density at radius 3 is 2.27 bits per heavy atom. The van der Waals surface area contributed by atoms with Crippen LogP contribution in [0, 0.1) is 0 Å². The molecule has 11 heteroatoms. The largest absolute Gasteiger partial charge is 0.455 e. The Kier molecular flexibility index (Phi) is 8.91. The van der Waals surface area contributed by atoms with Crippen molar-refractivity contribution in [2.75, 3.05) is 11.9 Å². The molecule has 3 amide bonds. The lowest BCUT2D eigenvalue weighted by Gasteiger charge is -2.09. The van der Waals surface area contributed by atoms with E-state index in [2.05, 4.69) is 16.2 Å². The lowest BCUT2D eigenvalue weighted by molar-refractivity contribution is -0.149. The van der Waals surface area contributed by atoms with Crippen molar-refractivity contribution in [3.05, 3.63) is 63.1 Å². The highest BCUT2D eigenvalue weighted by Crippen LogP contribution is 2.25. The van der Waals surface area contributed by atoms with Crippen LogP contribution in [0.15, 0.2) is 42.5 Å². The van der Waals surface area contributed by atoms with Gasteiger partial charge in [-0.15, -0.1) is 0 Å². The highest BCUT2D eigenvalue weighted by atomic mass is 35.5. The second kappa shape index (κ2) is 11.4. The Bertz CT molecular complexity index is 968. The quantitative estimate of drug-likeness (QED) is 0.422. The highest BCUT2D eigenvalue weighted by Gasteiger charge is 2.13. The van der Waals surface area contributed by atoms with E-state index < -0.39 is 30.3 Å². The van der Waals surface area contributed by atoms with Gasteiger partial charge in [0.15, 0.2) is 6.61 Å². The summed E-state index contributed by atoms with van der Waals surface area (Å²) in [5, 5.41) is 3.43. The van der Waals surface area contributed by atoms with Gasteiger partial charge in [0.2, 0.25) is 5.91 Å². The minimum Gasteiger partial charge on any atom is -0.455 e. The van der Waals surface area contributed by atoms with Crippen molar-refractivity contribution >= 4 is 64.2 Å². The summed E-state index contributed by atoms with van der Waals surface area (Å²) in [7, 11) is 0. The summed E-state index contributed by atoms with van der Waals surface area (Å²) in [6.45, 7) is -0.633. The number of hydrazine groups is 1. The van der Waals surface area contributed by atoms with Gasteiger partial charge in [-0.25, -0.2) is 0 Å². The summed E-state index contributed by atoms with van der Waals surface area (Å²) >= 11 is 17.6. The number of carbonyl (C=O) groups is 4. The smallest absolute Gasteiger partial charge is 0.306 e. The van der Waals surface area contributed by atoms with E-state index in [1.165, 1.54) is 24.3 Å². The van der Waals surface area contributed by atoms with Crippen LogP contribution in [-0.4, -0.2) is 30.3 Å². The number of hydrogen-bond donors (Lipinski definition) is 3. The Morgan fingerprint density at radius 1 is 0.833 bits per heavy atom. The zero-order valence-electron chi connectivity index (χ0n) is 15.3. The van der Waals surface area contributed by atoms with Crippen molar-refractivity contribution in [3.8, 4) is 0 Å². The second-order valence-corrected chi connectivity index (χ2v) is 7.07. The average Bonchev–Trinajstić information content (AvgIpc) is 2.71. The maximum atomic E-state index is 11.9. The molecule has 0 saturated heterocycles. The Morgan fingerprint density at radius 2 is 1.57 bits per heavy atom. The van der Waals surface area contributed by atoms with Gasteiger partial charge in [-0.1, -0.05) is 46.9 Å². The summed E-state index contributed by atoms with van der Waals surface area (Å²) in [5.41, 5.74) is 4.77. The standard InChI is InChI=1S/C19H16Cl3N3O5/c20-11-5-6-15(14(22)9-11)23-16(26)7-8-18(28)30-10-17(27)24-25-19(29)12-3-1-2-4-13(12)21/h1-6,9H,7-8,10H2,(H,23,26)(H,24,27)(H,25,29). The van der Waals surface area contributed by atoms with E-state index in [0.717, 1.165) is 0 Å². The van der Waals surface area contributed by atoms with Gasteiger partial charge in [0.25, 0.3) is 11.8 Å². The molecule has 0 spiro atoms. The number of anilines is 1. The molecule has 0 saturated carbocycles. The number of benzene rings is 2. The number of hydrogen-bond acceptors (Lipinski definition) is 5. The maximum absolute atomic E-state index is 11.9. The van der Waals surface area contributed by atoms with Crippen LogP contribution in [0.4, 0.5) is 5.69 Å². The fourth-order valence-corrected chi connectivity index (χ4v) is 2.79. The van der Waals surface area contributed by atoms with Crippen molar-refractivity contribution < 1.29 is 23.9 Å². The highest BCUT2D eigenvalue weighted by molar-refractivity contribution is 6.36. The van der Waals surface area contributed by atoms with Gasteiger partial charge >= 0.3 is 5.97 Å². The molecule has 0 unspecified atom stereocenters. The van der Waals surface area contributed by atoms with Crippen molar-refractivity contribution in [1.29, 1.82) is 0 Å². The summed E-state index contributed by atoms with van der Waals surface area (Å²) < 4.78 is 4.75. The first kappa shape index (κ1) is 23.5. The number of nitrogens with one attached hydrogen (secondary N) is 3. The van der Waals surface area contributed by atoms with Gasteiger partial charge < -0.3 is 10.1 Å². The minimum absolute atomic E-state index is 0.170. The van der Waals surface area contributed by atoms with Crippen LogP contribution in [-0.2, 0) is 19.1 Å². The van der Waals surface area contributed by atoms with Crippen LogP contribution in [0.25, 0.3) is 0 Å². The monoisotopic (exact) mass is 471 g/mol. The van der Waals surface area contributed by atoms with E-state index in [-0.39, 0.29) is 28.5 Å². The van der Waals surface area contributed by atoms with Gasteiger partial charge in [0.1, 0.15) is 0 Å². The molecule has 8 nitrogen and oxygen atoms in total. The molecule has 0 fully saturated rings. The van der Waals surface area contributed by atoms with E-state index in [4.69, 9.17) is 39.5 Å². The maximum Gasteiger partial charge on any atom is 0.306 e. The van der Waals surface area contributed by atoms with E-state index in [1.54, 1.807) is 18.2 Å². The lowest BCUT2D eigenvalue weighted by Crippen LogP contribution is -2.43. The molecule has 0 heterocycles. The Labute approximate surface area is 186 Å². The molecule has 0 aliphatic rings. The van der Waals surface area contributed by atoms with Gasteiger partial charge in [-0.2, -0.15) is 0 Å². The van der Waals surface area contributed by atoms with Crippen LogP contribution < -0.4 is 16.2 Å². The third-order valence-electron chi connectivity index (χ3n) is 3.56. The first-order valence-corrected chi connectivity index (χ1v) is 9.64. The number of rotatable bonds is 7. The zero-order chi connectivity index (χ0) is 22.1. The number of esters is 1. The third-order valence-corrected chi connectivity index (χ3v) is 4.44. The molecule has 0 bridgehead atoms. The first-order chi connectivity index (χ1) is 14.3. The molecule has 158 valence electrons. The number of amides is 3. The van der Waals surface area contributed by atoms with Crippen LogP contribution in [0.2, 0.25) is 15.1 Å². The minimum atomic E-state index is -0.764. The Hall–Kier alpha value is -2.81. The van der Waals surface area contributed by atoms with E-state index in [0.29, 0.717) is 10.7 Å². The fraction of sp³-hybridized carbons (Fsp3) is 0.158. The predicted molar refractivity (Wildman–Crippen MR) is 112 cm³/mol. The molecule has 2 aromatic rings. The molecule has 2 aromatic carbocycles. The fourth-order valence-electron chi connectivity index (χ4n) is 2.11. The lowest BCUT2D eigenvalue weighted by atomic mass is 10.2. The summed E-state index contributed by atoms with van der Waals surface area (Å²) in [4.78, 5) is 47.1. The van der Waals surface area contributed by atoms with Gasteiger partial charge in [-0.05, 0) is 30.3 Å². The average molecular weight is 473 g/mol. The Balaban J connectivity index is 1.67. The van der Waals surface area contributed by atoms with Crippen molar-refractivity contribution in [2.45, 2.75) is 12.8 Å². The SMILES string of the molecule is O=C(COC(=O)CCC(=O)Nc1ccc(Cl)cc1Cl)NNC(=O)c1ccccc1Cl. The summed E-state index contributed by atoms with van der Waals surface area (Å²) in [5.74, 6) is -2.62. The predicted octanol–water partition coefficient (Wildman–Crippen LogP) is 3.37. The van der Waals surface area contributed by atoms with Gasteiger partial charge in [0.05, 0.1) is 27.7 Å². The van der Waals surface area contributed by atoms with Crippen LogP contribution in [0.1, 0.15) is 23.2 Å². The van der Waals surface area contributed by atoms with Crippen LogP contribution >= 0.6 is 34.8 Å². The molecule has 0 radical (unpaired) electrons. The van der Waals surface area contributed by atoms with Crippen LogP contribution in [0.5, 0.6) is 0 Å². The van der Waals surface area contributed by atoms with E-state index in [9.17, 15) is 19.2 Å². The number of halogens is 3. The third kappa shape index (κ3) is 7.55. The van der Waals surface area contributed by atoms with E-state index in [1.807, 2.05) is 0 Å². The molecule has 0 aliphatic heterocycles. The molecule has 2 rings (SSSR count). The molecular formula is C19H16Cl3N3O5. The van der Waals surface area contributed by atoms with Crippen LogP contribution in [0.3, 0.4) is 0 Å². The molecule has 0 aliphatic carbocycles. The van der Waals surface area contributed by atoms with Gasteiger partial charge in [0, 0.05) is 11.4 Å². The summed E-state index contributed by atoms with van der Waals surface area (Å²) in [6.07, 6.45) is -0.432. The molecule has 30 heavy (non-hydrogen) atoms. The topological polar surface area (TPSA) is 114 Å². The second-order valence-electron chi connectivity index (χ2n) is 5.82. The van der Waals surface area contributed by atoms with Gasteiger partial charge in [-0.3, -0.25) is 30.0 Å². The van der Waals surface area contributed by atoms with Crippen molar-refractivity contribution in [2.24, 2.45) is 0 Å². The van der Waals surface area contributed by atoms with Crippen molar-refractivity contribution in [3.63, 3.8) is 0 Å². The first-order valence-electron chi connectivity index (χ1n) is 8.50. The van der Waals surface area contributed by atoms with E-state index >= 15 is 0 Å². The molecule has 3 N–H and O–H groups in total. The summed E-state index contributed by atoms with van der Waals surface area (Å²) in [6, 6.07) is 10.8. The van der Waals surface area contributed by atoms with Crippen molar-refractivity contribution in [1.82, 2.24) is 10.9 Å². The normalized spacial score (nSPS) is 10.1. The number of ether oxygens (including phenoxy) is 1. The number of carbonyl (C=O) groups excluding carboxylic acids is 4. The molecular weight excluding hydrogens is 457 g/mol.